The van der Waals surface area contributed by atoms with Gasteiger partial charge >= 0.3 is 0 Å². The van der Waals surface area contributed by atoms with Crippen molar-refractivity contribution in [3.8, 4) is 33.4 Å². The zero-order valence-electron chi connectivity index (χ0n) is 40.3. The van der Waals surface area contributed by atoms with E-state index in [2.05, 4.69) is 70.5 Å². The van der Waals surface area contributed by atoms with Crippen LogP contribution in [0.2, 0.25) is 0 Å². The van der Waals surface area contributed by atoms with Crippen molar-refractivity contribution >= 4 is 5.82 Å². The summed E-state index contributed by atoms with van der Waals surface area (Å²) < 4.78 is 41.3. The number of rotatable bonds is 10. The van der Waals surface area contributed by atoms with E-state index >= 15 is 0 Å². The molecular formula is C58H56F3N11. The van der Waals surface area contributed by atoms with E-state index in [1.807, 2.05) is 91.0 Å². The summed E-state index contributed by atoms with van der Waals surface area (Å²) in [5.74, 6) is 3.00. The highest BCUT2D eigenvalue weighted by Crippen LogP contribution is 2.58. The molecule has 11 nitrogen and oxygen atoms in total. The smallest absolute Gasteiger partial charge is 0.158 e. The Morgan fingerprint density at radius 2 is 0.972 bits per heavy atom. The van der Waals surface area contributed by atoms with E-state index in [1.165, 1.54) is 51.3 Å². The fourth-order valence-corrected chi connectivity index (χ4v) is 10.7. The van der Waals surface area contributed by atoms with Crippen LogP contribution >= 0.6 is 0 Å². The maximum absolute atomic E-state index is 13.3. The van der Waals surface area contributed by atoms with Gasteiger partial charge in [-0.2, -0.15) is 15.3 Å². The Labute approximate surface area is 417 Å². The lowest BCUT2D eigenvalue weighted by Gasteiger charge is -2.37. The molecule has 0 radical (unpaired) electrons. The molecule has 1 saturated heterocycles. The molecule has 0 spiro atoms. The Morgan fingerprint density at radius 3 is 1.51 bits per heavy atom. The van der Waals surface area contributed by atoms with Crippen molar-refractivity contribution in [2.45, 2.75) is 61.2 Å². The number of nitrogens with one attached hydrogen (secondary N) is 2. The van der Waals surface area contributed by atoms with E-state index in [0.717, 1.165) is 85.6 Å². The third-order valence-corrected chi connectivity index (χ3v) is 14.9. The number of likely N-dealkylation sites (N-methyl/N-ethyl adjacent to an activating group) is 1. The zero-order valence-corrected chi connectivity index (χ0v) is 40.3. The monoisotopic (exact) mass is 963 g/mol. The topological polar surface area (TPSA) is 120 Å². The first-order valence-electron chi connectivity index (χ1n) is 24.8. The molecule has 6 aromatic heterocycles. The maximum atomic E-state index is 13.3. The number of H-pyrrole nitrogens is 2. The molecule has 0 amide bonds. The quantitative estimate of drug-likeness (QED) is 0.139. The second kappa shape index (κ2) is 20.6. The number of aryl methyl sites for hydroxylation is 1. The molecule has 6 atom stereocenters. The molecule has 3 saturated carbocycles. The summed E-state index contributed by atoms with van der Waals surface area (Å²) in [4.78, 5) is 17.1. The molecular weight excluding hydrogens is 908 g/mol. The van der Waals surface area contributed by atoms with Crippen LogP contribution in [0.5, 0.6) is 0 Å². The lowest BCUT2D eigenvalue weighted by molar-refractivity contribution is 0.312. The Kier molecular flexibility index (Phi) is 13.3. The number of aromatic nitrogens is 9. The first kappa shape index (κ1) is 46.7. The van der Waals surface area contributed by atoms with Gasteiger partial charge in [-0.3, -0.25) is 29.8 Å². The highest BCUT2D eigenvalue weighted by atomic mass is 19.1. The highest BCUT2D eigenvalue weighted by Gasteiger charge is 2.44. The average Bonchev–Trinajstić information content (AvgIpc) is 4.22. The molecule has 6 unspecified atom stereocenters. The van der Waals surface area contributed by atoms with E-state index < -0.39 is 0 Å². The van der Waals surface area contributed by atoms with Gasteiger partial charge in [0.2, 0.25) is 0 Å². The molecule has 4 aliphatic rings. The summed E-state index contributed by atoms with van der Waals surface area (Å²) in [7, 11) is 4.11. The largest absolute Gasteiger partial charge is 0.352 e. The first-order valence-corrected chi connectivity index (χ1v) is 24.8. The first-order chi connectivity index (χ1) is 35.3. The Hall–Kier alpha value is -7.71. The van der Waals surface area contributed by atoms with E-state index in [9.17, 15) is 13.2 Å². The van der Waals surface area contributed by atoms with Crippen LogP contribution in [-0.4, -0.2) is 83.3 Å². The number of hydrogen-bond donors (Lipinski definition) is 2. The van der Waals surface area contributed by atoms with E-state index in [4.69, 9.17) is 5.10 Å². The molecule has 4 fully saturated rings. The van der Waals surface area contributed by atoms with Crippen molar-refractivity contribution < 1.29 is 13.2 Å². The van der Waals surface area contributed by atoms with Crippen molar-refractivity contribution in [2.24, 2.45) is 7.05 Å². The van der Waals surface area contributed by atoms with Crippen molar-refractivity contribution in [3.63, 3.8) is 0 Å². The maximum Gasteiger partial charge on any atom is 0.158 e. The second-order valence-electron chi connectivity index (χ2n) is 19.5. The molecule has 1 aliphatic heterocycles. The Balaban J connectivity index is 0.000000118. The number of anilines is 1. The minimum absolute atomic E-state index is 0.182. The number of piperazine rings is 1. The SMILES string of the molecule is CN1CCN(c2n[nH]c(C3CC3c3ccc(F)cc3)c2-c2ccncc2)CC1.Cn1cc(-c2ccncc2)c(C2CC2c2ccc(F)cc2)n1.Fc1ccc(C2CCC2c2[nH]ncc2-c2ccncc2)cc1. The normalized spacial score (nSPS) is 21.2. The van der Waals surface area contributed by atoms with E-state index in [0.29, 0.717) is 35.5 Å². The lowest BCUT2D eigenvalue weighted by Crippen LogP contribution is -2.44. The summed E-state index contributed by atoms with van der Waals surface area (Å²) in [5, 5.41) is 20.2. The minimum Gasteiger partial charge on any atom is -0.352 e. The van der Waals surface area contributed by atoms with Crippen molar-refractivity contribution in [2.75, 3.05) is 38.1 Å². The molecule has 9 aromatic rings. The molecule has 3 aliphatic carbocycles. The van der Waals surface area contributed by atoms with Gasteiger partial charge in [0.25, 0.3) is 0 Å². The van der Waals surface area contributed by atoms with Crippen molar-refractivity contribution in [1.29, 1.82) is 0 Å². The number of hydrogen-bond acceptors (Lipinski definition) is 8. The molecule has 0 bridgehead atoms. The number of nitrogens with zero attached hydrogens (tertiary/aromatic N) is 9. The molecule has 2 N–H and O–H groups in total. The van der Waals surface area contributed by atoms with Gasteiger partial charge in [0.05, 0.1) is 11.9 Å². The van der Waals surface area contributed by atoms with Gasteiger partial charge in [0.1, 0.15) is 17.5 Å². The van der Waals surface area contributed by atoms with Gasteiger partial charge in [-0.15, -0.1) is 0 Å². The molecule has 364 valence electrons. The lowest BCUT2D eigenvalue weighted by atomic mass is 9.67. The van der Waals surface area contributed by atoms with Crippen molar-refractivity contribution in [3.05, 3.63) is 210 Å². The molecule has 3 aromatic carbocycles. The van der Waals surface area contributed by atoms with E-state index in [1.54, 1.807) is 49.1 Å². The molecule has 13 rings (SSSR count). The van der Waals surface area contributed by atoms with Gasteiger partial charge in [-0.05, 0) is 157 Å². The van der Waals surface area contributed by atoms with Crippen LogP contribution < -0.4 is 4.90 Å². The predicted molar refractivity (Wildman–Crippen MR) is 274 cm³/mol. The zero-order chi connectivity index (χ0) is 49.1. The average molecular weight is 964 g/mol. The van der Waals surface area contributed by atoms with Gasteiger partial charge < -0.3 is 9.80 Å². The standard InChI is InChI=1S/C22H24FN5.2C18H16FN3/c1-27-10-12-28(13-11-27)22-20(16-6-8-24-9-7-16)21(25-26-22)19-14-18(19)15-2-4-17(23)5-3-15;1-22-11-17(13-6-8-20-9-7-13)18(21-22)16-10-15(16)12-2-4-14(19)5-3-12;19-14-3-1-12(2-4-14)15-5-6-16(15)18-17(11-21-22-18)13-7-9-20-10-8-13/h2-9,18-19H,10-14H2,1H3,(H,25,26);2-9,11,15-16H,10H2,1H3;1-4,7-11,15-16H,5-6H2,(H,21,22). The van der Waals surface area contributed by atoms with Crippen LogP contribution in [0, 0.1) is 17.5 Å². The van der Waals surface area contributed by atoms with Gasteiger partial charge in [-0.1, -0.05) is 36.4 Å². The van der Waals surface area contributed by atoms with Gasteiger partial charge in [0.15, 0.2) is 5.82 Å². The van der Waals surface area contributed by atoms with Crippen LogP contribution in [-0.2, 0) is 7.05 Å². The molecule has 72 heavy (non-hydrogen) atoms. The summed E-state index contributed by atoms with van der Waals surface area (Å²) >= 11 is 0. The van der Waals surface area contributed by atoms with Gasteiger partial charge in [0, 0.05) is 122 Å². The number of halogens is 3. The number of benzene rings is 3. The highest BCUT2D eigenvalue weighted by molar-refractivity contribution is 5.79. The fourth-order valence-electron chi connectivity index (χ4n) is 10.7. The number of pyridine rings is 3. The second-order valence-corrected chi connectivity index (χ2v) is 19.5. The van der Waals surface area contributed by atoms with Crippen LogP contribution in [0.15, 0.2) is 159 Å². The van der Waals surface area contributed by atoms with Crippen LogP contribution in [0.3, 0.4) is 0 Å². The van der Waals surface area contributed by atoms with Crippen LogP contribution in [0.25, 0.3) is 33.4 Å². The molecule has 7 heterocycles. The summed E-state index contributed by atoms with van der Waals surface area (Å²) in [6.45, 7) is 4.04. The van der Waals surface area contributed by atoms with Crippen molar-refractivity contribution in [1.82, 2.24) is 50.0 Å². The molecule has 14 heteroatoms. The summed E-state index contributed by atoms with van der Waals surface area (Å²) in [5.41, 5.74) is 14.0. The van der Waals surface area contributed by atoms with Crippen LogP contribution in [0.1, 0.15) is 95.0 Å². The van der Waals surface area contributed by atoms with Gasteiger partial charge in [-0.25, -0.2) is 13.2 Å². The number of aromatic amines is 2. The third-order valence-electron chi connectivity index (χ3n) is 14.9. The summed E-state index contributed by atoms with van der Waals surface area (Å²) in [6, 6.07) is 32.8. The van der Waals surface area contributed by atoms with E-state index in [-0.39, 0.29) is 17.5 Å². The summed E-state index contributed by atoms with van der Waals surface area (Å²) in [6.07, 6.45) is 19.2. The fraction of sp³-hybridized carbons (Fsp3) is 0.276. The van der Waals surface area contributed by atoms with Crippen LogP contribution in [0.4, 0.5) is 19.0 Å². The third kappa shape index (κ3) is 10.1. The minimum atomic E-state index is -0.184. The Bertz CT molecular complexity index is 3190. The Morgan fingerprint density at radius 1 is 0.486 bits per heavy atom. The predicted octanol–water partition coefficient (Wildman–Crippen LogP) is 11.8.